The van der Waals surface area contributed by atoms with Crippen LogP contribution in [0.4, 0.5) is 8.78 Å². The van der Waals surface area contributed by atoms with E-state index < -0.39 is 17.8 Å². The van der Waals surface area contributed by atoms with Gasteiger partial charge in [-0.25, -0.2) is 13.6 Å². The molecule has 0 radical (unpaired) electrons. The summed E-state index contributed by atoms with van der Waals surface area (Å²) in [5, 5.41) is 0. The van der Waals surface area contributed by atoms with Gasteiger partial charge in [-0.05, 0) is 25.3 Å². The van der Waals surface area contributed by atoms with Crippen molar-refractivity contribution in [3.63, 3.8) is 0 Å². The summed E-state index contributed by atoms with van der Waals surface area (Å²) in [6, 6.07) is 0. The highest BCUT2D eigenvalue weighted by molar-refractivity contribution is 5.82. The maximum Gasteiger partial charge on any atom is 0.330 e. The summed E-state index contributed by atoms with van der Waals surface area (Å²) < 4.78 is 31.4. The minimum absolute atomic E-state index is 0.300. The number of carbonyl (C=O) groups excluding carboxylic acids is 1. The van der Waals surface area contributed by atoms with Gasteiger partial charge in [-0.1, -0.05) is 19.8 Å². The van der Waals surface area contributed by atoms with Gasteiger partial charge in [0, 0.05) is 12.0 Å². The molecule has 0 aliphatic heterocycles. The normalized spacial score (nSPS) is 17.4. The van der Waals surface area contributed by atoms with Crippen LogP contribution in [0.3, 0.4) is 0 Å². The molecule has 1 aliphatic carbocycles. The lowest BCUT2D eigenvalue weighted by molar-refractivity contribution is -0.138. The van der Waals surface area contributed by atoms with Gasteiger partial charge in [-0.3, -0.25) is 0 Å². The van der Waals surface area contributed by atoms with E-state index >= 15 is 0 Å². The third-order valence-corrected chi connectivity index (χ3v) is 2.83. The molecule has 0 amide bonds. The third kappa shape index (κ3) is 3.91. The van der Waals surface area contributed by atoms with E-state index in [1.807, 2.05) is 6.92 Å². The summed E-state index contributed by atoms with van der Waals surface area (Å²) in [4.78, 5) is 11.1. The number of alkyl halides is 2. The lowest BCUT2D eigenvalue weighted by Gasteiger charge is -2.31. The number of ether oxygens (including phenoxy) is 1. The Balaban J connectivity index is 2.30. The second-order valence-electron chi connectivity index (χ2n) is 4.16. The third-order valence-electron chi connectivity index (χ3n) is 2.83. The van der Waals surface area contributed by atoms with Crippen LogP contribution in [0.5, 0.6) is 0 Å². The first kappa shape index (κ1) is 13.1. The van der Waals surface area contributed by atoms with E-state index in [4.69, 9.17) is 4.74 Å². The number of unbranched alkanes of at least 4 members (excludes halogenated alkanes) is 1. The van der Waals surface area contributed by atoms with Crippen LogP contribution < -0.4 is 0 Å². The predicted octanol–water partition coefficient (Wildman–Crippen LogP) is 3.32. The monoisotopic (exact) mass is 232 g/mol. The maximum atomic E-state index is 13.3. The second kappa shape index (κ2) is 5.97. The second-order valence-corrected chi connectivity index (χ2v) is 4.16. The molecule has 92 valence electrons. The highest BCUT2D eigenvalue weighted by atomic mass is 19.3. The van der Waals surface area contributed by atoms with Crippen LogP contribution in [-0.2, 0) is 9.53 Å². The Morgan fingerprint density at radius 3 is 2.69 bits per heavy atom. The van der Waals surface area contributed by atoms with Crippen molar-refractivity contribution in [3.8, 4) is 0 Å². The molecule has 0 aromatic carbocycles. The molecule has 4 heteroatoms. The van der Waals surface area contributed by atoms with Gasteiger partial charge in [0.05, 0.1) is 6.61 Å². The summed E-state index contributed by atoms with van der Waals surface area (Å²) in [6.07, 6.45) is 5.16. The molecule has 0 bridgehead atoms. The molecule has 0 unspecified atom stereocenters. The first-order valence-corrected chi connectivity index (χ1v) is 5.80. The molecular formula is C12H18F2O2. The van der Waals surface area contributed by atoms with Crippen molar-refractivity contribution in [2.75, 3.05) is 6.61 Å². The summed E-state index contributed by atoms with van der Waals surface area (Å²) in [5.41, 5.74) is 0. The molecule has 1 fully saturated rings. The number of hydrogen-bond acceptors (Lipinski definition) is 2. The molecular weight excluding hydrogens is 214 g/mol. The Hall–Kier alpha value is -0.930. The fourth-order valence-corrected chi connectivity index (χ4v) is 1.47. The number of rotatable bonds is 6. The van der Waals surface area contributed by atoms with Crippen LogP contribution in [0.15, 0.2) is 12.2 Å². The molecule has 0 saturated heterocycles. The zero-order valence-corrected chi connectivity index (χ0v) is 9.55. The largest absolute Gasteiger partial charge is 0.463 e. The van der Waals surface area contributed by atoms with Crippen molar-refractivity contribution < 1.29 is 18.3 Å². The van der Waals surface area contributed by atoms with Crippen molar-refractivity contribution in [3.05, 3.63) is 12.2 Å². The molecule has 1 aliphatic rings. The van der Waals surface area contributed by atoms with Crippen LogP contribution in [0.2, 0.25) is 0 Å². The molecule has 0 N–H and O–H groups in total. The topological polar surface area (TPSA) is 26.3 Å². The smallest absolute Gasteiger partial charge is 0.330 e. The molecule has 1 rings (SSSR count). The number of halogens is 2. The van der Waals surface area contributed by atoms with Crippen LogP contribution >= 0.6 is 0 Å². The summed E-state index contributed by atoms with van der Waals surface area (Å²) in [5.74, 6) is -4.12. The number of hydrogen-bond donors (Lipinski definition) is 0. The van der Waals surface area contributed by atoms with Crippen LogP contribution in [0.25, 0.3) is 0 Å². The van der Waals surface area contributed by atoms with E-state index in [2.05, 4.69) is 0 Å². The molecule has 0 aromatic rings. The molecule has 0 aromatic heterocycles. The Bertz CT molecular complexity index is 258. The van der Waals surface area contributed by atoms with Gasteiger partial charge in [0.1, 0.15) is 0 Å². The summed E-state index contributed by atoms with van der Waals surface area (Å²) in [7, 11) is 0. The van der Waals surface area contributed by atoms with Crippen LogP contribution in [0.1, 0.15) is 39.0 Å². The van der Waals surface area contributed by atoms with Gasteiger partial charge < -0.3 is 4.74 Å². The lowest BCUT2D eigenvalue weighted by atomic mass is 9.80. The average molecular weight is 232 g/mol. The zero-order chi connectivity index (χ0) is 12.0. The van der Waals surface area contributed by atoms with E-state index in [0.717, 1.165) is 25.3 Å². The Kier molecular flexibility index (Phi) is 4.90. The molecule has 0 atom stereocenters. The van der Waals surface area contributed by atoms with Gasteiger partial charge in [0.2, 0.25) is 0 Å². The van der Waals surface area contributed by atoms with E-state index in [1.165, 1.54) is 0 Å². The fraction of sp³-hybridized carbons (Fsp3) is 0.750. The molecule has 1 saturated carbocycles. The molecule has 2 nitrogen and oxygen atoms in total. The van der Waals surface area contributed by atoms with Gasteiger partial charge in [-0.2, -0.15) is 0 Å². The first-order valence-electron chi connectivity index (χ1n) is 5.80. The summed E-state index contributed by atoms with van der Waals surface area (Å²) >= 11 is 0. The molecule has 0 spiro atoms. The van der Waals surface area contributed by atoms with Crippen molar-refractivity contribution in [2.24, 2.45) is 5.92 Å². The van der Waals surface area contributed by atoms with E-state index in [0.29, 0.717) is 25.5 Å². The number of carbonyl (C=O) groups is 1. The van der Waals surface area contributed by atoms with Crippen LogP contribution in [0, 0.1) is 5.92 Å². The average Bonchev–Trinajstić information content (AvgIpc) is 2.12. The van der Waals surface area contributed by atoms with Gasteiger partial charge in [0.15, 0.2) is 0 Å². The lowest BCUT2D eigenvalue weighted by Crippen LogP contribution is -2.31. The van der Waals surface area contributed by atoms with Crippen molar-refractivity contribution >= 4 is 5.97 Å². The Morgan fingerprint density at radius 2 is 2.19 bits per heavy atom. The zero-order valence-electron chi connectivity index (χ0n) is 9.55. The minimum Gasteiger partial charge on any atom is -0.463 e. The van der Waals surface area contributed by atoms with Crippen LogP contribution in [-0.4, -0.2) is 18.5 Å². The summed E-state index contributed by atoms with van der Waals surface area (Å²) in [6.45, 7) is 2.27. The van der Waals surface area contributed by atoms with E-state index in [1.54, 1.807) is 0 Å². The Labute approximate surface area is 94.7 Å². The van der Waals surface area contributed by atoms with Gasteiger partial charge in [0.25, 0.3) is 5.92 Å². The highest BCUT2D eigenvalue weighted by Gasteiger charge is 2.40. The van der Waals surface area contributed by atoms with Crippen molar-refractivity contribution in [2.45, 2.75) is 45.0 Å². The minimum atomic E-state index is -2.86. The maximum absolute atomic E-state index is 13.3. The first-order chi connectivity index (χ1) is 7.56. The highest BCUT2D eigenvalue weighted by Crippen LogP contribution is 2.40. The van der Waals surface area contributed by atoms with Gasteiger partial charge in [-0.15, -0.1) is 0 Å². The van der Waals surface area contributed by atoms with Crippen molar-refractivity contribution in [1.82, 2.24) is 0 Å². The quantitative estimate of drug-likeness (QED) is 0.399. The molecule has 0 heterocycles. The van der Waals surface area contributed by atoms with E-state index in [9.17, 15) is 13.6 Å². The SMILES string of the molecule is CCCCOC(=O)/C=C/C(F)(F)C1CCC1. The number of esters is 1. The van der Waals surface area contributed by atoms with Gasteiger partial charge >= 0.3 is 5.97 Å². The predicted molar refractivity (Wildman–Crippen MR) is 57.3 cm³/mol. The number of allylic oxidation sites excluding steroid dienone is 1. The molecule has 16 heavy (non-hydrogen) atoms. The van der Waals surface area contributed by atoms with E-state index in [-0.39, 0.29) is 0 Å². The fourth-order valence-electron chi connectivity index (χ4n) is 1.47. The standard InChI is InChI=1S/C12H18F2O2/c1-2-3-9-16-11(15)7-8-12(13,14)10-5-4-6-10/h7-8,10H,2-6,9H2,1H3/b8-7+. The Morgan fingerprint density at radius 1 is 1.50 bits per heavy atom. The van der Waals surface area contributed by atoms with Crippen molar-refractivity contribution in [1.29, 1.82) is 0 Å².